The highest BCUT2D eigenvalue weighted by Crippen LogP contribution is 2.07. The lowest BCUT2D eigenvalue weighted by molar-refractivity contribution is 0.101. The SMILES string of the molecule is [CH2]Cc1cn(Cc2ccc(C(C)=O)cc2)nn1. The van der Waals surface area contributed by atoms with Crippen LogP contribution < -0.4 is 0 Å². The van der Waals surface area contributed by atoms with Crippen molar-refractivity contribution in [2.24, 2.45) is 0 Å². The van der Waals surface area contributed by atoms with Gasteiger partial charge in [0.25, 0.3) is 0 Å². The fourth-order valence-corrected chi connectivity index (χ4v) is 1.56. The summed E-state index contributed by atoms with van der Waals surface area (Å²) in [7, 11) is 0. The Morgan fingerprint density at radius 1 is 1.35 bits per heavy atom. The van der Waals surface area contributed by atoms with Crippen LogP contribution in [-0.4, -0.2) is 20.8 Å². The molecule has 0 unspecified atom stereocenters. The molecule has 0 atom stereocenters. The number of nitrogens with zero attached hydrogens (tertiary/aromatic N) is 3. The van der Waals surface area contributed by atoms with Gasteiger partial charge < -0.3 is 0 Å². The molecule has 1 heterocycles. The molecule has 1 radical (unpaired) electrons. The van der Waals surface area contributed by atoms with Crippen LogP contribution in [0.4, 0.5) is 0 Å². The zero-order valence-electron chi connectivity index (χ0n) is 9.76. The average molecular weight is 228 g/mol. The topological polar surface area (TPSA) is 47.8 Å². The van der Waals surface area contributed by atoms with Crippen LogP contribution in [0.1, 0.15) is 28.5 Å². The third-order valence-electron chi connectivity index (χ3n) is 2.55. The lowest BCUT2D eigenvalue weighted by Gasteiger charge is -2.01. The molecule has 0 saturated carbocycles. The van der Waals surface area contributed by atoms with Crippen molar-refractivity contribution in [3.63, 3.8) is 0 Å². The molecule has 2 aromatic rings. The largest absolute Gasteiger partial charge is 0.295 e. The first-order valence-corrected chi connectivity index (χ1v) is 5.47. The highest BCUT2D eigenvalue weighted by atomic mass is 16.1. The van der Waals surface area contributed by atoms with Gasteiger partial charge in [-0.2, -0.15) is 0 Å². The number of rotatable bonds is 4. The lowest BCUT2D eigenvalue weighted by atomic mass is 10.1. The average Bonchev–Trinajstić information content (AvgIpc) is 2.77. The van der Waals surface area contributed by atoms with Crippen molar-refractivity contribution in [3.8, 4) is 0 Å². The van der Waals surface area contributed by atoms with E-state index >= 15 is 0 Å². The number of ketones is 1. The van der Waals surface area contributed by atoms with E-state index in [-0.39, 0.29) is 5.78 Å². The van der Waals surface area contributed by atoms with Gasteiger partial charge in [-0.1, -0.05) is 29.5 Å². The molecule has 1 aromatic carbocycles. The van der Waals surface area contributed by atoms with Crippen LogP contribution in [0.15, 0.2) is 30.5 Å². The molecule has 1 aromatic heterocycles. The summed E-state index contributed by atoms with van der Waals surface area (Å²) in [5, 5.41) is 7.97. The minimum absolute atomic E-state index is 0.0802. The van der Waals surface area contributed by atoms with E-state index in [0.717, 1.165) is 16.8 Å². The summed E-state index contributed by atoms with van der Waals surface area (Å²) in [5.41, 5.74) is 2.70. The van der Waals surface area contributed by atoms with Gasteiger partial charge in [0, 0.05) is 11.8 Å². The van der Waals surface area contributed by atoms with Gasteiger partial charge in [-0.05, 0) is 25.8 Å². The van der Waals surface area contributed by atoms with Crippen LogP contribution in [0.5, 0.6) is 0 Å². The predicted octanol–water partition coefficient (Wildman–Crippen LogP) is 1.91. The van der Waals surface area contributed by atoms with E-state index in [1.165, 1.54) is 0 Å². The molecule has 4 nitrogen and oxygen atoms in total. The zero-order valence-corrected chi connectivity index (χ0v) is 9.76. The first kappa shape index (κ1) is 11.5. The molecule has 0 spiro atoms. The Bertz CT molecular complexity index is 514. The van der Waals surface area contributed by atoms with Crippen molar-refractivity contribution in [1.82, 2.24) is 15.0 Å². The Hall–Kier alpha value is -1.97. The second kappa shape index (κ2) is 4.91. The van der Waals surface area contributed by atoms with E-state index in [2.05, 4.69) is 17.2 Å². The normalized spacial score (nSPS) is 10.5. The number of benzene rings is 1. The van der Waals surface area contributed by atoms with Gasteiger partial charge in [-0.25, -0.2) is 4.68 Å². The van der Waals surface area contributed by atoms with Crippen LogP contribution in [0, 0.1) is 6.92 Å². The highest BCUT2D eigenvalue weighted by Gasteiger charge is 2.01. The first-order valence-electron chi connectivity index (χ1n) is 5.47. The quantitative estimate of drug-likeness (QED) is 0.751. The van der Waals surface area contributed by atoms with Gasteiger partial charge in [0.2, 0.25) is 0 Å². The first-order chi connectivity index (χ1) is 8.19. The number of carbonyl (C=O) groups is 1. The summed E-state index contributed by atoms with van der Waals surface area (Å²) in [4.78, 5) is 11.1. The molecule has 0 aliphatic heterocycles. The van der Waals surface area contributed by atoms with Crippen LogP contribution in [0.2, 0.25) is 0 Å². The van der Waals surface area contributed by atoms with Crippen molar-refractivity contribution < 1.29 is 4.79 Å². The molecule has 0 aliphatic rings. The minimum Gasteiger partial charge on any atom is -0.295 e. The second-order valence-electron chi connectivity index (χ2n) is 3.91. The third-order valence-corrected chi connectivity index (χ3v) is 2.55. The summed E-state index contributed by atoms with van der Waals surface area (Å²) < 4.78 is 1.77. The van der Waals surface area contributed by atoms with Crippen molar-refractivity contribution in [2.45, 2.75) is 19.9 Å². The summed E-state index contributed by atoms with van der Waals surface area (Å²) in [6.45, 7) is 5.97. The van der Waals surface area contributed by atoms with E-state index in [9.17, 15) is 4.79 Å². The lowest BCUT2D eigenvalue weighted by Crippen LogP contribution is -2.01. The molecular formula is C13H14N3O. The van der Waals surface area contributed by atoms with E-state index in [1.807, 2.05) is 30.5 Å². The maximum atomic E-state index is 11.1. The number of hydrogen-bond donors (Lipinski definition) is 0. The zero-order chi connectivity index (χ0) is 12.3. The Morgan fingerprint density at radius 3 is 2.59 bits per heavy atom. The summed E-state index contributed by atoms with van der Waals surface area (Å²) in [5.74, 6) is 0.0802. The fraction of sp³-hybridized carbons (Fsp3) is 0.231. The van der Waals surface area contributed by atoms with Crippen LogP contribution in [0.3, 0.4) is 0 Å². The Morgan fingerprint density at radius 2 is 2.06 bits per heavy atom. The number of carbonyl (C=O) groups excluding carboxylic acids is 1. The third kappa shape index (κ3) is 2.78. The van der Waals surface area contributed by atoms with Gasteiger partial charge in [0.1, 0.15) is 0 Å². The van der Waals surface area contributed by atoms with Crippen LogP contribution in [0.25, 0.3) is 0 Å². The maximum Gasteiger partial charge on any atom is 0.159 e. The molecule has 0 fully saturated rings. The van der Waals surface area contributed by atoms with Gasteiger partial charge in [0.05, 0.1) is 12.2 Å². The van der Waals surface area contributed by atoms with Gasteiger partial charge >= 0.3 is 0 Å². The summed E-state index contributed by atoms with van der Waals surface area (Å²) >= 11 is 0. The summed E-state index contributed by atoms with van der Waals surface area (Å²) in [6.07, 6.45) is 2.52. The number of hydrogen-bond acceptors (Lipinski definition) is 3. The monoisotopic (exact) mass is 228 g/mol. The Labute approximate surface area is 100 Å². The van der Waals surface area contributed by atoms with E-state index in [0.29, 0.717) is 13.0 Å². The van der Waals surface area contributed by atoms with Gasteiger partial charge in [-0.3, -0.25) is 4.79 Å². The Kier molecular flexibility index (Phi) is 3.32. The molecule has 4 heteroatoms. The van der Waals surface area contributed by atoms with Crippen molar-refractivity contribution >= 4 is 5.78 Å². The fourth-order valence-electron chi connectivity index (χ4n) is 1.56. The molecule has 0 aliphatic carbocycles. The maximum absolute atomic E-state index is 11.1. The molecule has 0 bridgehead atoms. The highest BCUT2D eigenvalue weighted by molar-refractivity contribution is 5.93. The van der Waals surface area contributed by atoms with Crippen molar-refractivity contribution in [3.05, 3.63) is 54.2 Å². The molecule has 87 valence electrons. The summed E-state index contributed by atoms with van der Waals surface area (Å²) in [6, 6.07) is 7.53. The van der Waals surface area contributed by atoms with E-state index in [4.69, 9.17) is 0 Å². The minimum atomic E-state index is 0.0802. The van der Waals surface area contributed by atoms with E-state index < -0.39 is 0 Å². The molecule has 17 heavy (non-hydrogen) atoms. The van der Waals surface area contributed by atoms with E-state index in [1.54, 1.807) is 11.6 Å². The predicted molar refractivity (Wildman–Crippen MR) is 64.6 cm³/mol. The molecule has 0 amide bonds. The van der Waals surface area contributed by atoms with Crippen molar-refractivity contribution in [1.29, 1.82) is 0 Å². The molecule has 0 saturated heterocycles. The molecule has 0 N–H and O–H groups in total. The number of aromatic nitrogens is 3. The van der Waals surface area contributed by atoms with Gasteiger partial charge in [-0.15, -0.1) is 5.10 Å². The smallest absolute Gasteiger partial charge is 0.159 e. The standard InChI is InChI=1S/C13H14N3O/c1-3-13-9-16(15-14-13)8-11-4-6-12(7-5-11)10(2)17/h4-7,9H,1,3,8H2,2H3. The van der Waals surface area contributed by atoms with Crippen LogP contribution in [-0.2, 0) is 13.0 Å². The molecular weight excluding hydrogens is 214 g/mol. The molecule has 2 rings (SSSR count). The van der Waals surface area contributed by atoms with Crippen LogP contribution >= 0.6 is 0 Å². The van der Waals surface area contributed by atoms with Crippen molar-refractivity contribution in [2.75, 3.05) is 0 Å². The number of Topliss-reactive ketones (excluding diaryl/α,β-unsaturated/α-hetero) is 1. The van der Waals surface area contributed by atoms with Gasteiger partial charge in [0.15, 0.2) is 5.78 Å². The second-order valence-corrected chi connectivity index (χ2v) is 3.91. The Balaban J connectivity index is 2.10.